The maximum absolute atomic E-state index is 12.5. The Balaban J connectivity index is 0.00000243. The average Bonchev–Trinajstić information content (AvgIpc) is 3.33. The second kappa shape index (κ2) is 8.37. The smallest absolute Gasteiger partial charge is 0.271 e. The average molecular weight is 396 g/mol. The topological polar surface area (TPSA) is 77.2 Å². The lowest BCUT2D eigenvalue weighted by molar-refractivity contribution is 0.0893. The predicted molar refractivity (Wildman–Crippen MR) is 108 cm³/mol. The number of hydrogen-bond donors (Lipinski definition) is 2. The van der Waals surface area contributed by atoms with Gasteiger partial charge in [-0.1, -0.05) is 0 Å². The van der Waals surface area contributed by atoms with Crippen LogP contribution in [0.1, 0.15) is 44.1 Å². The van der Waals surface area contributed by atoms with Crippen molar-refractivity contribution in [1.82, 2.24) is 10.3 Å². The normalized spacial score (nSPS) is 15.9. The van der Waals surface area contributed by atoms with Crippen molar-refractivity contribution in [2.45, 2.75) is 45.3 Å². The molecule has 0 bridgehead atoms. The van der Waals surface area contributed by atoms with Crippen LogP contribution in [0.25, 0.3) is 10.6 Å². The Morgan fingerprint density at radius 1 is 1.38 bits per heavy atom. The summed E-state index contributed by atoms with van der Waals surface area (Å²) in [4.78, 5) is 17.0. The first-order chi connectivity index (χ1) is 11.9. The largest absolute Gasteiger partial charge is 0.491 e. The maximum Gasteiger partial charge on any atom is 0.271 e. The number of halogens is 1. The van der Waals surface area contributed by atoms with Crippen LogP contribution in [0.4, 0.5) is 0 Å². The van der Waals surface area contributed by atoms with Gasteiger partial charge in [-0.05, 0) is 63.8 Å². The van der Waals surface area contributed by atoms with Gasteiger partial charge in [-0.15, -0.1) is 23.7 Å². The van der Waals surface area contributed by atoms with Gasteiger partial charge in [0.1, 0.15) is 16.5 Å². The summed E-state index contributed by atoms with van der Waals surface area (Å²) in [5, 5.41) is 5.70. The van der Waals surface area contributed by atoms with Crippen LogP contribution in [-0.4, -0.2) is 29.1 Å². The number of carbonyl (C=O) groups excluding carboxylic acids is 1. The molecule has 26 heavy (non-hydrogen) atoms. The Morgan fingerprint density at radius 2 is 2.04 bits per heavy atom. The van der Waals surface area contributed by atoms with Crippen LogP contribution in [-0.2, 0) is 0 Å². The quantitative estimate of drug-likeness (QED) is 0.745. The number of hydrogen-bond acceptors (Lipinski definition) is 5. The molecule has 1 aromatic heterocycles. The SMILES string of the molecule is CC(C)Oc1ccc(-c2nc(C(=O)NC(C)(CN)C3CC3)cs2)cc1.Cl. The van der Waals surface area contributed by atoms with Crippen molar-refractivity contribution in [1.29, 1.82) is 0 Å². The number of carbonyl (C=O) groups is 1. The van der Waals surface area contributed by atoms with Gasteiger partial charge in [-0.3, -0.25) is 4.79 Å². The lowest BCUT2D eigenvalue weighted by atomic mass is 9.96. The van der Waals surface area contributed by atoms with Gasteiger partial charge < -0.3 is 15.8 Å². The van der Waals surface area contributed by atoms with E-state index in [0.29, 0.717) is 18.2 Å². The van der Waals surface area contributed by atoms with Gasteiger partial charge >= 0.3 is 0 Å². The van der Waals surface area contributed by atoms with E-state index in [1.807, 2.05) is 45.0 Å². The van der Waals surface area contributed by atoms with Crippen LogP contribution in [0, 0.1) is 5.92 Å². The van der Waals surface area contributed by atoms with Crippen molar-refractivity contribution >= 4 is 29.7 Å². The van der Waals surface area contributed by atoms with E-state index in [9.17, 15) is 4.79 Å². The number of aromatic nitrogens is 1. The number of amides is 1. The van der Waals surface area contributed by atoms with Gasteiger partial charge in [-0.25, -0.2) is 4.98 Å². The summed E-state index contributed by atoms with van der Waals surface area (Å²) in [6, 6.07) is 7.78. The second-order valence-corrected chi connectivity index (χ2v) is 7.94. The van der Waals surface area contributed by atoms with E-state index in [2.05, 4.69) is 10.3 Å². The number of ether oxygens (including phenoxy) is 1. The van der Waals surface area contributed by atoms with E-state index in [1.165, 1.54) is 11.3 Å². The van der Waals surface area contributed by atoms with Crippen LogP contribution >= 0.6 is 23.7 Å². The summed E-state index contributed by atoms with van der Waals surface area (Å²) in [6.07, 6.45) is 2.40. The first-order valence-electron chi connectivity index (χ1n) is 8.66. The minimum absolute atomic E-state index is 0. The van der Waals surface area contributed by atoms with E-state index in [-0.39, 0.29) is 30.0 Å². The fourth-order valence-corrected chi connectivity index (χ4v) is 3.63. The van der Waals surface area contributed by atoms with Gasteiger partial charge in [0.15, 0.2) is 0 Å². The van der Waals surface area contributed by atoms with Crippen molar-refractivity contribution in [2.24, 2.45) is 11.7 Å². The molecule has 7 heteroatoms. The van der Waals surface area contributed by atoms with Gasteiger partial charge in [0.05, 0.1) is 11.6 Å². The summed E-state index contributed by atoms with van der Waals surface area (Å²) in [7, 11) is 0. The standard InChI is InChI=1S/C19H25N3O2S.ClH/c1-12(2)24-15-8-4-13(5-9-15)18-21-16(10-25-18)17(23)22-19(3,11-20)14-6-7-14;/h4-5,8-10,12,14H,6-7,11,20H2,1-3H3,(H,22,23);1H. The summed E-state index contributed by atoms with van der Waals surface area (Å²) in [5.74, 6) is 1.16. The third kappa shape index (κ3) is 4.75. The molecule has 0 radical (unpaired) electrons. The van der Waals surface area contributed by atoms with Crippen molar-refractivity contribution < 1.29 is 9.53 Å². The molecule has 1 fully saturated rings. The predicted octanol–water partition coefficient (Wildman–Crippen LogP) is 3.88. The highest BCUT2D eigenvalue weighted by Crippen LogP contribution is 2.39. The Hall–Kier alpha value is -1.63. The zero-order valence-corrected chi connectivity index (χ0v) is 17.0. The Bertz CT molecular complexity index is 743. The van der Waals surface area contributed by atoms with Gasteiger partial charge in [0.2, 0.25) is 0 Å². The zero-order chi connectivity index (χ0) is 18.0. The third-order valence-corrected chi connectivity index (χ3v) is 5.40. The molecule has 0 saturated heterocycles. The van der Waals surface area contributed by atoms with E-state index in [1.54, 1.807) is 5.38 Å². The van der Waals surface area contributed by atoms with Crippen LogP contribution in [0.2, 0.25) is 0 Å². The van der Waals surface area contributed by atoms with E-state index >= 15 is 0 Å². The summed E-state index contributed by atoms with van der Waals surface area (Å²) < 4.78 is 5.65. The van der Waals surface area contributed by atoms with Crippen LogP contribution in [0.3, 0.4) is 0 Å². The first kappa shape index (κ1) is 20.7. The fraction of sp³-hybridized carbons (Fsp3) is 0.474. The lowest BCUT2D eigenvalue weighted by Crippen LogP contribution is -2.53. The van der Waals surface area contributed by atoms with Gasteiger partial charge in [-0.2, -0.15) is 0 Å². The maximum atomic E-state index is 12.5. The van der Waals surface area contributed by atoms with Crippen molar-refractivity contribution in [3.63, 3.8) is 0 Å². The molecule has 1 saturated carbocycles. The summed E-state index contributed by atoms with van der Waals surface area (Å²) in [5.41, 5.74) is 6.96. The van der Waals surface area contributed by atoms with Crippen LogP contribution in [0.15, 0.2) is 29.6 Å². The highest BCUT2D eigenvalue weighted by molar-refractivity contribution is 7.13. The highest BCUT2D eigenvalue weighted by atomic mass is 35.5. The molecule has 5 nitrogen and oxygen atoms in total. The molecule has 2 aromatic rings. The van der Waals surface area contributed by atoms with Gasteiger partial charge in [0.25, 0.3) is 5.91 Å². The van der Waals surface area contributed by atoms with Crippen LogP contribution in [0.5, 0.6) is 5.75 Å². The first-order valence-corrected chi connectivity index (χ1v) is 9.54. The molecule has 1 unspecified atom stereocenters. The van der Waals surface area contributed by atoms with Gasteiger partial charge in [0, 0.05) is 17.5 Å². The minimum atomic E-state index is -0.337. The van der Waals surface area contributed by atoms with E-state index in [0.717, 1.165) is 29.2 Å². The number of thiazole rings is 1. The molecule has 1 aliphatic rings. The second-order valence-electron chi connectivity index (χ2n) is 7.08. The molecular weight excluding hydrogens is 370 g/mol. The lowest BCUT2D eigenvalue weighted by Gasteiger charge is -2.29. The fourth-order valence-electron chi connectivity index (χ4n) is 2.82. The number of rotatable bonds is 7. The minimum Gasteiger partial charge on any atom is -0.491 e. The molecule has 1 aliphatic carbocycles. The molecule has 142 valence electrons. The molecule has 3 N–H and O–H groups in total. The number of nitrogens with zero attached hydrogens (tertiary/aromatic N) is 1. The number of benzene rings is 1. The van der Waals surface area contributed by atoms with E-state index in [4.69, 9.17) is 10.5 Å². The number of nitrogens with two attached hydrogens (primary N) is 1. The monoisotopic (exact) mass is 395 g/mol. The summed E-state index contributed by atoms with van der Waals surface area (Å²) >= 11 is 1.46. The molecule has 1 aromatic carbocycles. The Labute approximate surface area is 164 Å². The molecule has 3 rings (SSSR count). The molecule has 1 atom stereocenters. The Kier molecular flexibility index (Phi) is 6.66. The van der Waals surface area contributed by atoms with E-state index < -0.39 is 0 Å². The highest BCUT2D eigenvalue weighted by Gasteiger charge is 2.41. The molecule has 1 heterocycles. The molecule has 0 aliphatic heterocycles. The Morgan fingerprint density at radius 3 is 2.58 bits per heavy atom. The molecule has 1 amide bonds. The molecule has 0 spiro atoms. The van der Waals surface area contributed by atoms with Crippen LogP contribution < -0.4 is 15.8 Å². The van der Waals surface area contributed by atoms with Crippen molar-refractivity contribution in [3.05, 3.63) is 35.3 Å². The van der Waals surface area contributed by atoms with Crippen molar-refractivity contribution in [3.8, 4) is 16.3 Å². The molecular formula is C19H26ClN3O2S. The summed E-state index contributed by atoms with van der Waals surface area (Å²) in [6.45, 7) is 6.45. The van der Waals surface area contributed by atoms with Crippen molar-refractivity contribution in [2.75, 3.05) is 6.54 Å². The third-order valence-electron chi connectivity index (χ3n) is 4.51. The number of nitrogens with one attached hydrogen (secondary N) is 1. The zero-order valence-electron chi connectivity index (χ0n) is 15.3.